The van der Waals surface area contributed by atoms with E-state index in [1.54, 1.807) is 53.7 Å². The molecule has 2 unspecified atom stereocenters. The number of ether oxygens (including phenoxy) is 3. The lowest BCUT2D eigenvalue weighted by atomic mass is 10.0. The minimum atomic E-state index is -4.06. The highest BCUT2D eigenvalue weighted by Crippen LogP contribution is 2.26. The Bertz CT molecular complexity index is 1560. The van der Waals surface area contributed by atoms with E-state index in [9.17, 15) is 18.0 Å². The monoisotopic (exact) mass is 597 g/mol. The molecule has 2 heterocycles. The van der Waals surface area contributed by atoms with E-state index in [0.29, 0.717) is 5.75 Å². The summed E-state index contributed by atoms with van der Waals surface area (Å²) in [6.07, 6.45) is -0.628. The molecule has 226 valence electrons. The highest BCUT2D eigenvalue weighted by molar-refractivity contribution is 7.89. The molecular weight excluding hydrogens is 558 g/mol. The number of hydrogen-bond acceptors (Lipinski definition) is 8. The van der Waals surface area contributed by atoms with E-state index in [2.05, 4.69) is 9.71 Å². The van der Waals surface area contributed by atoms with Gasteiger partial charge in [0.2, 0.25) is 10.0 Å². The predicted octanol–water partition coefficient (Wildman–Crippen LogP) is 4.98. The van der Waals surface area contributed by atoms with Crippen LogP contribution in [0.2, 0.25) is 0 Å². The molecule has 1 aliphatic heterocycles. The zero-order valence-corrected chi connectivity index (χ0v) is 25.9. The van der Waals surface area contributed by atoms with Crippen LogP contribution in [0, 0.1) is 12.8 Å². The highest BCUT2D eigenvalue weighted by atomic mass is 32.2. The number of likely N-dealkylation sites (tertiary alicyclic amines) is 1. The number of esters is 1. The van der Waals surface area contributed by atoms with Gasteiger partial charge >= 0.3 is 12.1 Å². The summed E-state index contributed by atoms with van der Waals surface area (Å²) >= 11 is 0. The second kappa shape index (κ2) is 11.9. The summed E-state index contributed by atoms with van der Waals surface area (Å²) in [4.78, 5) is 31.6. The van der Waals surface area contributed by atoms with E-state index in [0.717, 1.165) is 22.2 Å². The second-order valence-electron chi connectivity index (χ2n) is 12.5. The van der Waals surface area contributed by atoms with Gasteiger partial charge in [-0.25, -0.2) is 17.9 Å². The summed E-state index contributed by atoms with van der Waals surface area (Å²) < 4.78 is 46.3. The summed E-state index contributed by atoms with van der Waals surface area (Å²) in [5.41, 5.74) is 1.20. The molecule has 2 aromatic carbocycles. The molecule has 10 nitrogen and oxygen atoms in total. The van der Waals surface area contributed by atoms with Gasteiger partial charge in [-0.1, -0.05) is 18.2 Å². The summed E-state index contributed by atoms with van der Waals surface area (Å²) in [5.74, 6) is -1.01. The third kappa shape index (κ3) is 7.98. The second-order valence-corrected chi connectivity index (χ2v) is 14.2. The van der Waals surface area contributed by atoms with E-state index in [1.165, 1.54) is 17.0 Å². The topological polar surface area (TPSA) is 124 Å². The van der Waals surface area contributed by atoms with E-state index in [-0.39, 0.29) is 24.6 Å². The molecule has 1 aliphatic rings. The first-order valence-electron chi connectivity index (χ1n) is 13.8. The normalized spacial score (nSPS) is 17.7. The van der Waals surface area contributed by atoms with E-state index in [4.69, 9.17) is 14.2 Å². The molecule has 0 radical (unpaired) electrons. The average Bonchev–Trinajstić information content (AvgIpc) is 3.29. The standard InChI is InChI=1S/C31H39N3O7S/c1-20-16-21(24-10-8-9-11-26(24)32-20)19-39-22-12-14-23(15-13-22)42(37,38)33-27-18-34(29(36)41-31(5,6)7)17-25(27)28(35)40-30(2,3)4/h8-16,25,27,33H,17-19H2,1-7H3. The van der Waals surface area contributed by atoms with Crippen LogP contribution < -0.4 is 9.46 Å². The number of carbonyl (C=O) groups is 2. The quantitative estimate of drug-likeness (QED) is 0.379. The molecule has 2 atom stereocenters. The van der Waals surface area contributed by atoms with Crippen LogP contribution in [0.3, 0.4) is 0 Å². The molecular formula is C31H39N3O7S. The fourth-order valence-electron chi connectivity index (χ4n) is 4.67. The Hall–Kier alpha value is -3.70. The van der Waals surface area contributed by atoms with E-state index >= 15 is 0 Å². The molecule has 42 heavy (non-hydrogen) atoms. The van der Waals surface area contributed by atoms with Crippen molar-refractivity contribution in [3.8, 4) is 5.75 Å². The van der Waals surface area contributed by atoms with Crippen molar-refractivity contribution in [2.75, 3.05) is 13.1 Å². The molecule has 1 amide bonds. The Morgan fingerprint density at radius 3 is 2.24 bits per heavy atom. The van der Waals surface area contributed by atoms with Gasteiger partial charge in [0.15, 0.2) is 0 Å². The number of nitrogens with one attached hydrogen (secondary N) is 1. The van der Waals surface area contributed by atoms with Crippen LogP contribution in [0.4, 0.5) is 4.79 Å². The Balaban J connectivity index is 1.48. The van der Waals surface area contributed by atoms with Crippen molar-refractivity contribution >= 4 is 33.0 Å². The van der Waals surface area contributed by atoms with Gasteiger partial charge in [0.25, 0.3) is 0 Å². The third-order valence-electron chi connectivity index (χ3n) is 6.45. The lowest BCUT2D eigenvalue weighted by Gasteiger charge is -2.25. The minimum absolute atomic E-state index is 0.00119. The number of hydrogen-bond donors (Lipinski definition) is 1. The number of carbonyl (C=O) groups excluding carboxylic acids is 2. The Morgan fingerprint density at radius 1 is 0.952 bits per heavy atom. The molecule has 1 N–H and O–H groups in total. The average molecular weight is 598 g/mol. The third-order valence-corrected chi connectivity index (χ3v) is 7.95. The van der Waals surface area contributed by atoms with Gasteiger partial charge in [0.1, 0.15) is 23.6 Å². The van der Waals surface area contributed by atoms with Crippen molar-refractivity contribution in [2.24, 2.45) is 5.92 Å². The predicted molar refractivity (Wildman–Crippen MR) is 159 cm³/mol. The number of nitrogens with zero attached hydrogens (tertiary/aromatic N) is 2. The van der Waals surface area contributed by atoms with Crippen LogP contribution in [0.25, 0.3) is 10.9 Å². The lowest BCUT2D eigenvalue weighted by molar-refractivity contribution is -0.159. The van der Waals surface area contributed by atoms with Crippen LogP contribution >= 0.6 is 0 Å². The maximum atomic E-state index is 13.4. The molecule has 0 bridgehead atoms. The smallest absolute Gasteiger partial charge is 0.410 e. The largest absolute Gasteiger partial charge is 0.489 e. The fourth-order valence-corrected chi connectivity index (χ4v) is 5.94. The summed E-state index contributed by atoms with van der Waals surface area (Å²) in [5, 5.41) is 0.989. The summed E-state index contributed by atoms with van der Waals surface area (Å²) in [6, 6.07) is 14.9. The van der Waals surface area contributed by atoms with Crippen LogP contribution in [-0.2, 0) is 30.9 Å². The number of aryl methyl sites for hydroxylation is 1. The first-order chi connectivity index (χ1) is 19.5. The van der Waals surface area contributed by atoms with Crippen molar-refractivity contribution in [1.29, 1.82) is 0 Å². The maximum Gasteiger partial charge on any atom is 0.410 e. The van der Waals surface area contributed by atoms with Gasteiger partial charge < -0.3 is 19.1 Å². The SMILES string of the molecule is Cc1cc(COc2ccc(S(=O)(=O)NC3CN(C(=O)OC(C)(C)C)CC3C(=O)OC(C)(C)C)cc2)c2ccccc2n1. The minimum Gasteiger partial charge on any atom is -0.489 e. The number of fused-ring (bicyclic) bond motifs is 1. The zero-order chi connectivity index (χ0) is 30.9. The van der Waals surface area contributed by atoms with Crippen molar-refractivity contribution in [3.05, 3.63) is 65.9 Å². The van der Waals surface area contributed by atoms with Crippen molar-refractivity contribution in [1.82, 2.24) is 14.6 Å². The molecule has 3 aromatic rings. The molecule has 0 saturated carbocycles. The van der Waals surface area contributed by atoms with Gasteiger partial charge in [-0.05, 0) is 84.9 Å². The maximum absolute atomic E-state index is 13.4. The highest BCUT2D eigenvalue weighted by Gasteiger charge is 2.44. The molecule has 11 heteroatoms. The molecule has 1 fully saturated rings. The van der Waals surface area contributed by atoms with Gasteiger partial charge in [-0.15, -0.1) is 0 Å². The number of rotatable bonds is 7. The van der Waals surface area contributed by atoms with Crippen LogP contribution in [0.5, 0.6) is 5.75 Å². The summed E-state index contributed by atoms with van der Waals surface area (Å²) in [6.45, 7) is 12.5. The van der Waals surface area contributed by atoms with Crippen molar-refractivity contribution in [3.63, 3.8) is 0 Å². The van der Waals surface area contributed by atoms with Crippen LogP contribution in [0.1, 0.15) is 52.8 Å². The van der Waals surface area contributed by atoms with Crippen LogP contribution in [-0.4, -0.2) is 60.7 Å². The number of para-hydroxylation sites is 1. The van der Waals surface area contributed by atoms with Crippen molar-refractivity contribution in [2.45, 2.75) is 77.2 Å². The first-order valence-corrected chi connectivity index (χ1v) is 15.3. The number of amides is 1. The van der Waals surface area contributed by atoms with E-state index in [1.807, 2.05) is 37.3 Å². The fraction of sp³-hybridized carbons (Fsp3) is 0.452. The molecule has 1 saturated heterocycles. The Kier molecular flexibility index (Phi) is 8.84. The van der Waals surface area contributed by atoms with Crippen molar-refractivity contribution < 1.29 is 32.2 Å². The van der Waals surface area contributed by atoms with Gasteiger partial charge in [0.05, 0.1) is 22.4 Å². The van der Waals surface area contributed by atoms with E-state index < -0.39 is 45.2 Å². The molecule has 4 rings (SSSR count). The number of aromatic nitrogens is 1. The molecule has 0 spiro atoms. The molecule has 0 aliphatic carbocycles. The first kappa shape index (κ1) is 31.2. The van der Waals surface area contributed by atoms with Gasteiger partial charge in [-0.2, -0.15) is 0 Å². The zero-order valence-electron chi connectivity index (χ0n) is 25.1. The Morgan fingerprint density at radius 2 is 1.60 bits per heavy atom. The number of benzene rings is 2. The Labute approximate surface area is 247 Å². The number of pyridine rings is 1. The summed E-state index contributed by atoms with van der Waals surface area (Å²) in [7, 11) is -4.06. The van der Waals surface area contributed by atoms with Crippen LogP contribution in [0.15, 0.2) is 59.5 Å². The molecule has 1 aromatic heterocycles. The number of sulfonamides is 1. The lowest BCUT2D eigenvalue weighted by Crippen LogP contribution is -2.44. The van der Waals surface area contributed by atoms with Gasteiger partial charge in [0, 0.05) is 29.7 Å². The van der Waals surface area contributed by atoms with Gasteiger partial charge in [-0.3, -0.25) is 9.78 Å².